The summed E-state index contributed by atoms with van der Waals surface area (Å²) in [6.07, 6.45) is -1.89. The largest absolute Gasteiger partial charge is 0.481 e. The Bertz CT molecular complexity index is 322. The fourth-order valence-corrected chi connectivity index (χ4v) is 0.912. The summed E-state index contributed by atoms with van der Waals surface area (Å²) in [7, 11) is 0. The summed E-state index contributed by atoms with van der Waals surface area (Å²) in [6, 6.07) is -1.66. The molecule has 17 heavy (non-hydrogen) atoms. The van der Waals surface area contributed by atoms with E-state index in [1.54, 1.807) is 20.8 Å². The topological polar surface area (TPSA) is 130 Å². The number of carboxylic acid groups (broad SMARTS) is 2. The minimum absolute atomic E-state index is 0.266. The van der Waals surface area contributed by atoms with E-state index >= 15 is 0 Å². The zero-order valence-corrected chi connectivity index (χ0v) is 9.84. The van der Waals surface area contributed by atoms with Crippen molar-refractivity contribution in [1.29, 1.82) is 0 Å². The van der Waals surface area contributed by atoms with Crippen LogP contribution in [-0.2, 0) is 14.3 Å². The van der Waals surface area contributed by atoms with Gasteiger partial charge in [-0.1, -0.05) is 0 Å². The molecule has 1 atom stereocenters. The second kappa shape index (κ2) is 5.48. The molecule has 0 heterocycles. The number of hydrogen-bond donors (Lipinski definition) is 3. The van der Waals surface area contributed by atoms with E-state index in [0.29, 0.717) is 0 Å². The number of nitrogens with zero attached hydrogens (tertiary/aromatic N) is 1. The van der Waals surface area contributed by atoms with E-state index in [1.807, 2.05) is 0 Å². The average molecular weight is 248 g/mol. The molecular weight excluding hydrogens is 232 g/mol. The van der Waals surface area contributed by atoms with Crippen LogP contribution < -0.4 is 5.84 Å². The molecule has 0 bridgehead atoms. The van der Waals surface area contributed by atoms with Gasteiger partial charge in [-0.15, -0.1) is 0 Å². The van der Waals surface area contributed by atoms with Gasteiger partial charge in [-0.05, 0) is 20.8 Å². The lowest BCUT2D eigenvalue weighted by Gasteiger charge is -2.27. The molecule has 0 aliphatic carbocycles. The van der Waals surface area contributed by atoms with Crippen LogP contribution in [0.4, 0.5) is 4.79 Å². The Balaban J connectivity index is 4.72. The quantitative estimate of drug-likeness (QED) is 0.363. The van der Waals surface area contributed by atoms with Gasteiger partial charge in [-0.25, -0.2) is 20.4 Å². The maximum absolute atomic E-state index is 11.4. The van der Waals surface area contributed by atoms with E-state index < -0.39 is 36.1 Å². The van der Waals surface area contributed by atoms with Gasteiger partial charge in [0.25, 0.3) is 0 Å². The van der Waals surface area contributed by atoms with Crippen molar-refractivity contribution in [2.24, 2.45) is 5.84 Å². The minimum Gasteiger partial charge on any atom is -0.481 e. The zero-order chi connectivity index (χ0) is 13.8. The Hall–Kier alpha value is -1.83. The number of carboxylic acids is 2. The van der Waals surface area contributed by atoms with Crippen molar-refractivity contribution in [3.8, 4) is 0 Å². The van der Waals surface area contributed by atoms with E-state index in [0.717, 1.165) is 0 Å². The third-order valence-electron chi connectivity index (χ3n) is 1.59. The Morgan fingerprint density at radius 2 is 1.76 bits per heavy atom. The van der Waals surface area contributed by atoms with Crippen molar-refractivity contribution in [2.45, 2.75) is 38.8 Å². The molecule has 0 unspecified atom stereocenters. The SMILES string of the molecule is CC(C)(C)OC(=O)N(N)[C@@H](CC(=O)O)C(=O)O. The number of aliphatic carboxylic acids is 2. The molecule has 0 rings (SSSR count). The number of ether oxygens (including phenoxy) is 1. The molecular formula is C9H16N2O6. The van der Waals surface area contributed by atoms with Crippen LogP contribution in [0, 0.1) is 0 Å². The van der Waals surface area contributed by atoms with Crippen LogP contribution in [-0.4, -0.2) is 44.9 Å². The average Bonchev–Trinajstić information content (AvgIpc) is 2.09. The highest BCUT2D eigenvalue weighted by molar-refractivity contribution is 5.84. The highest BCUT2D eigenvalue weighted by Gasteiger charge is 2.32. The van der Waals surface area contributed by atoms with Crippen LogP contribution in [0.3, 0.4) is 0 Å². The Morgan fingerprint density at radius 1 is 1.29 bits per heavy atom. The number of hydrogen-bond acceptors (Lipinski definition) is 5. The van der Waals surface area contributed by atoms with E-state index in [1.165, 1.54) is 0 Å². The lowest BCUT2D eigenvalue weighted by atomic mass is 10.2. The van der Waals surface area contributed by atoms with Gasteiger partial charge in [-0.2, -0.15) is 0 Å². The number of nitrogens with two attached hydrogens (primary N) is 1. The third kappa shape index (κ3) is 5.71. The zero-order valence-electron chi connectivity index (χ0n) is 9.84. The van der Waals surface area contributed by atoms with Crippen LogP contribution in [0.2, 0.25) is 0 Å². The molecule has 0 saturated heterocycles. The first-order chi connectivity index (χ1) is 7.54. The molecule has 8 nitrogen and oxygen atoms in total. The number of carbonyl (C=O) groups is 3. The first-order valence-corrected chi connectivity index (χ1v) is 4.76. The van der Waals surface area contributed by atoms with Crippen LogP contribution in [0.1, 0.15) is 27.2 Å². The first kappa shape index (κ1) is 15.2. The van der Waals surface area contributed by atoms with Crippen LogP contribution in [0.15, 0.2) is 0 Å². The lowest BCUT2D eigenvalue weighted by Crippen LogP contribution is -2.52. The van der Waals surface area contributed by atoms with Gasteiger partial charge in [0.05, 0.1) is 6.42 Å². The fraction of sp³-hybridized carbons (Fsp3) is 0.667. The smallest absolute Gasteiger partial charge is 0.425 e. The molecule has 0 aromatic rings. The Kier molecular flexibility index (Phi) is 4.89. The summed E-state index contributed by atoms with van der Waals surface area (Å²) in [5, 5.41) is 17.5. The summed E-state index contributed by atoms with van der Waals surface area (Å²) in [6.45, 7) is 4.73. The number of hydrazine groups is 1. The van der Waals surface area contributed by atoms with Crippen molar-refractivity contribution >= 4 is 18.0 Å². The molecule has 0 aromatic carbocycles. The standard InChI is InChI=1S/C9H16N2O6/c1-9(2,3)17-8(16)11(10)5(7(14)15)4-6(12)13/h5H,4,10H2,1-3H3,(H,12,13)(H,14,15)/t5-/m0/s1. The van der Waals surface area contributed by atoms with Gasteiger partial charge in [-0.3, -0.25) is 4.79 Å². The molecule has 0 aromatic heterocycles. The van der Waals surface area contributed by atoms with E-state index in [-0.39, 0.29) is 5.01 Å². The molecule has 0 saturated carbocycles. The molecule has 98 valence electrons. The summed E-state index contributed by atoms with van der Waals surface area (Å²) >= 11 is 0. The molecule has 4 N–H and O–H groups in total. The summed E-state index contributed by atoms with van der Waals surface area (Å²) in [4.78, 5) is 32.6. The van der Waals surface area contributed by atoms with Crippen LogP contribution >= 0.6 is 0 Å². The van der Waals surface area contributed by atoms with E-state index in [2.05, 4.69) is 0 Å². The molecule has 1 amide bonds. The number of rotatable bonds is 4. The van der Waals surface area contributed by atoms with Crippen molar-refractivity contribution in [1.82, 2.24) is 5.01 Å². The summed E-state index contributed by atoms with van der Waals surface area (Å²) in [5.74, 6) is 2.34. The van der Waals surface area contributed by atoms with E-state index in [9.17, 15) is 14.4 Å². The van der Waals surface area contributed by atoms with Gasteiger partial charge < -0.3 is 14.9 Å². The fourth-order valence-electron chi connectivity index (χ4n) is 0.912. The van der Waals surface area contributed by atoms with Gasteiger partial charge >= 0.3 is 18.0 Å². The van der Waals surface area contributed by atoms with Crippen LogP contribution in [0.5, 0.6) is 0 Å². The normalized spacial score (nSPS) is 12.7. The maximum Gasteiger partial charge on any atom is 0.425 e. The molecule has 0 aliphatic heterocycles. The number of carbonyl (C=O) groups excluding carboxylic acids is 1. The third-order valence-corrected chi connectivity index (χ3v) is 1.59. The van der Waals surface area contributed by atoms with Crippen molar-refractivity contribution in [3.63, 3.8) is 0 Å². The van der Waals surface area contributed by atoms with Gasteiger partial charge in [0.15, 0.2) is 6.04 Å². The molecule has 0 aliphatic rings. The predicted octanol–water partition coefficient (Wildman–Crippen LogP) is 0.0251. The van der Waals surface area contributed by atoms with Crippen molar-refractivity contribution < 1.29 is 29.3 Å². The van der Waals surface area contributed by atoms with Crippen LogP contribution in [0.25, 0.3) is 0 Å². The molecule has 0 fully saturated rings. The Labute approximate surface area is 97.9 Å². The minimum atomic E-state index is -1.66. The van der Waals surface area contributed by atoms with Crippen molar-refractivity contribution in [3.05, 3.63) is 0 Å². The highest BCUT2D eigenvalue weighted by atomic mass is 16.6. The van der Waals surface area contributed by atoms with E-state index in [4.69, 9.17) is 20.8 Å². The lowest BCUT2D eigenvalue weighted by molar-refractivity contribution is -0.149. The monoisotopic (exact) mass is 248 g/mol. The Morgan fingerprint density at radius 3 is 2.06 bits per heavy atom. The summed E-state index contributed by atoms with van der Waals surface area (Å²) in [5.41, 5.74) is -0.846. The summed E-state index contributed by atoms with van der Waals surface area (Å²) < 4.78 is 4.82. The van der Waals surface area contributed by atoms with Gasteiger partial charge in [0, 0.05) is 0 Å². The molecule has 0 radical (unpaired) electrons. The predicted molar refractivity (Wildman–Crippen MR) is 55.9 cm³/mol. The first-order valence-electron chi connectivity index (χ1n) is 4.76. The van der Waals surface area contributed by atoms with Gasteiger partial charge in [0.1, 0.15) is 5.60 Å². The second-order valence-electron chi connectivity index (χ2n) is 4.34. The number of amides is 1. The van der Waals surface area contributed by atoms with Crippen molar-refractivity contribution in [2.75, 3.05) is 0 Å². The molecule has 8 heteroatoms. The maximum atomic E-state index is 11.4. The molecule has 0 spiro atoms. The van der Waals surface area contributed by atoms with Gasteiger partial charge in [0.2, 0.25) is 0 Å². The highest BCUT2D eigenvalue weighted by Crippen LogP contribution is 2.11. The second-order valence-corrected chi connectivity index (χ2v) is 4.34.